The lowest BCUT2D eigenvalue weighted by molar-refractivity contribution is 0.567. The first kappa shape index (κ1) is 14.2. The van der Waals surface area contributed by atoms with E-state index < -0.39 is 0 Å². The van der Waals surface area contributed by atoms with Gasteiger partial charge in [-0.2, -0.15) is 0 Å². The highest BCUT2D eigenvalue weighted by Gasteiger charge is 2.23. The second-order valence-corrected chi connectivity index (χ2v) is 6.79. The maximum absolute atomic E-state index is 13.2. The number of halogens is 1. The highest BCUT2D eigenvalue weighted by Crippen LogP contribution is 2.35. The van der Waals surface area contributed by atoms with Crippen LogP contribution in [0.15, 0.2) is 18.2 Å². The molecule has 2 nitrogen and oxygen atoms in total. The highest BCUT2D eigenvalue weighted by atomic mass is 32.1. The predicted octanol–water partition coefficient (Wildman–Crippen LogP) is 4.01. The third-order valence-corrected chi connectivity index (χ3v) is 4.12. The summed E-state index contributed by atoms with van der Waals surface area (Å²) in [5, 5.41) is 0.919. The zero-order chi connectivity index (χ0) is 14.2. The summed E-state index contributed by atoms with van der Waals surface area (Å²) in [6.07, 6.45) is 0. The van der Waals surface area contributed by atoms with Gasteiger partial charge in [-0.25, -0.2) is 9.37 Å². The van der Waals surface area contributed by atoms with Gasteiger partial charge in [-0.3, -0.25) is 0 Å². The second-order valence-electron chi connectivity index (χ2n) is 5.70. The van der Waals surface area contributed by atoms with Gasteiger partial charge >= 0.3 is 0 Å². The first-order chi connectivity index (χ1) is 8.82. The average molecular weight is 278 g/mol. The van der Waals surface area contributed by atoms with Gasteiger partial charge in [-0.05, 0) is 30.7 Å². The van der Waals surface area contributed by atoms with E-state index in [2.05, 4.69) is 20.8 Å². The van der Waals surface area contributed by atoms with Crippen LogP contribution in [0.5, 0.6) is 0 Å². The van der Waals surface area contributed by atoms with Gasteiger partial charge in [0, 0.05) is 22.4 Å². The molecule has 0 unspecified atom stereocenters. The first-order valence-corrected chi connectivity index (χ1v) is 7.11. The van der Waals surface area contributed by atoms with Crippen LogP contribution in [-0.4, -0.2) is 4.98 Å². The molecular formula is C15H19FN2S. The van der Waals surface area contributed by atoms with E-state index in [1.165, 1.54) is 12.1 Å². The van der Waals surface area contributed by atoms with Crippen LogP contribution in [0.3, 0.4) is 0 Å². The van der Waals surface area contributed by atoms with Crippen molar-refractivity contribution in [1.82, 2.24) is 4.98 Å². The van der Waals surface area contributed by atoms with Crippen molar-refractivity contribution in [3.8, 4) is 10.6 Å². The smallest absolute Gasteiger partial charge is 0.124 e. The fourth-order valence-electron chi connectivity index (χ4n) is 2.06. The fraction of sp³-hybridized carbons (Fsp3) is 0.400. The lowest BCUT2D eigenvalue weighted by Gasteiger charge is -2.16. The van der Waals surface area contributed by atoms with Gasteiger partial charge in [0.15, 0.2) is 0 Å². The number of thiazole rings is 1. The number of hydrogen-bond donors (Lipinski definition) is 1. The topological polar surface area (TPSA) is 38.9 Å². The molecule has 0 saturated heterocycles. The standard InChI is InChI=1S/C15H19FN2S/c1-9-7-10(16)5-6-11(9)14-18-13(15(2,3)4)12(8-17)19-14/h5-7H,8,17H2,1-4H3. The van der Waals surface area contributed by atoms with Crippen LogP contribution in [-0.2, 0) is 12.0 Å². The van der Waals surface area contributed by atoms with E-state index in [0.717, 1.165) is 26.7 Å². The minimum absolute atomic E-state index is 0.0304. The Kier molecular flexibility index (Phi) is 3.74. The third-order valence-electron chi connectivity index (χ3n) is 3.01. The van der Waals surface area contributed by atoms with Crippen LogP contribution in [0.2, 0.25) is 0 Å². The summed E-state index contributed by atoms with van der Waals surface area (Å²) in [7, 11) is 0. The lowest BCUT2D eigenvalue weighted by atomic mass is 9.91. The van der Waals surface area contributed by atoms with E-state index in [0.29, 0.717) is 6.54 Å². The largest absolute Gasteiger partial charge is 0.326 e. The summed E-state index contributed by atoms with van der Waals surface area (Å²) in [6.45, 7) is 8.77. The van der Waals surface area contributed by atoms with Crippen molar-refractivity contribution < 1.29 is 4.39 Å². The molecule has 1 heterocycles. The molecule has 2 rings (SSSR count). The number of nitrogens with zero attached hydrogens (tertiary/aromatic N) is 1. The number of benzene rings is 1. The van der Waals surface area contributed by atoms with Crippen LogP contribution in [0.1, 0.15) is 36.9 Å². The molecule has 0 fully saturated rings. The molecule has 1 aromatic heterocycles. The van der Waals surface area contributed by atoms with E-state index in [1.54, 1.807) is 17.4 Å². The van der Waals surface area contributed by atoms with Gasteiger partial charge in [0.2, 0.25) is 0 Å². The molecule has 0 amide bonds. The number of nitrogens with two attached hydrogens (primary N) is 1. The molecule has 19 heavy (non-hydrogen) atoms. The van der Waals surface area contributed by atoms with E-state index in [4.69, 9.17) is 10.7 Å². The molecule has 0 radical (unpaired) electrons. The van der Waals surface area contributed by atoms with E-state index in [1.807, 2.05) is 6.92 Å². The maximum Gasteiger partial charge on any atom is 0.124 e. The molecule has 1 aromatic carbocycles. The average Bonchev–Trinajstić information content (AvgIpc) is 2.72. The molecule has 2 aromatic rings. The van der Waals surface area contributed by atoms with E-state index in [9.17, 15) is 4.39 Å². The van der Waals surface area contributed by atoms with Gasteiger partial charge < -0.3 is 5.73 Å². The van der Waals surface area contributed by atoms with Crippen molar-refractivity contribution >= 4 is 11.3 Å². The molecule has 0 bridgehead atoms. The Labute approximate surface area is 117 Å². The fourth-order valence-corrected chi connectivity index (χ4v) is 3.30. The normalized spacial score (nSPS) is 11.9. The Morgan fingerprint density at radius 2 is 2.00 bits per heavy atom. The quantitative estimate of drug-likeness (QED) is 0.901. The van der Waals surface area contributed by atoms with Gasteiger partial charge in [0.1, 0.15) is 10.8 Å². The highest BCUT2D eigenvalue weighted by molar-refractivity contribution is 7.15. The SMILES string of the molecule is Cc1cc(F)ccc1-c1nc(C(C)(C)C)c(CN)s1. The third kappa shape index (κ3) is 2.85. The van der Waals surface area contributed by atoms with Crippen molar-refractivity contribution in [2.75, 3.05) is 0 Å². The van der Waals surface area contributed by atoms with Crippen LogP contribution in [0.25, 0.3) is 10.6 Å². The van der Waals surface area contributed by atoms with Crippen molar-refractivity contribution in [1.29, 1.82) is 0 Å². The first-order valence-electron chi connectivity index (χ1n) is 6.29. The summed E-state index contributed by atoms with van der Waals surface area (Å²) in [6, 6.07) is 4.80. The summed E-state index contributed by atoms with van der Waals surface area (Å²) < 4.78 is 13.2. The molecule has 0 aliphatic carbocycles. The Hall–Kier alpha value is -1.26. The van der Waals surface area contributed by atoms with Gasteiger partial charge in [0.05, 0.1) is 5.69 Å². The van der Waals surface area contributed by atoms with Crippen LogP contribution in [0, 0.1) is 12.7 Å². The molecule has 0 atom stereocenters. The summed E-state index contributed by atoms with van der Waals surface area (Å²) in [5.74, 6) is -0.215. The zero-order valence-corrected chi connectivity index (χ0v) is 12.6. The molecule has 102 valence electrons. The lowest BCUT2D eigenvalue weighted by Crippen LogP contribution is -2.15. The summed E-state index contributed by atoms with van der Waals surface area (Å²) >= 11 is 1.60. The second kappa shape index (κ2) is 5.02. The Morgan fingerprint density at radius 1 is 1.32 bits per heavy atom. The molecule has 0 aliphatic heterocycles. The van der Waals surface area contributed by atoms with Gasteiger partial charge in [-0.15, -0.1) is 11.3 Å². The number of rotatable bonds is 2. The van der Waals surface area contributed by atoms with E-state index in [-0.39, 0.29) is 11.2 Å². The molecule has 2 N–H and O–H groups in total. The monoisotopic (exact) mass is 278 g/mol. The minimum atomic E-state index is -0.215. The van der Waals surface area contributed by atoms with Crippen molar-refractivity contribution in [3.63, 3.8) is 0 Å². The van der Waals surface area contributed by atoms with E-state index >= 15 is 0 Å². The van der Waals surface area contributed by atoms with Crippen LogP contribution < -0.4 is 5.73 Å². The molecule has 0 aliphatic rings. The number of hydrogen-bond acceptors (Lipinski definition) is 3. The Balaban J connectivity index is 2.55. The van der Waals surface area contributed by atoms with Crippen molar-refractivity contribution in [3.05, 3.63) is 40.2 Å². The molecule has 4 heteroatoms. The summed E-state index contributed by atoms with van der Waals surface area (Å²) in [4.78, 5) is 5.83. The zero-order valence-electron chi connectivity index (χ0n) is 11.7. The van der Waals surface area contributed by atoms with Crippen molar-refractivity contribution in [2.45, 2.75) is 39.7 Å². The van der Waals surface area contributed by atoms with Crippen LogP contribution in [0.4, 0.5) is 4.39 Å². The van der Waals surface area contributed by atoms with Crippen LogP contribution >= 0.6 is 11.3 Å². The summed E-state index contributed by atoms with van der Waals surface area (Å²) in [5.41, 5.74) is 8.71. The minimum Gasteiger partial charge on any atom is -0.326 e. The molecular weight excluding hydrogens is 259 g/mol. The molecule has 0 saturated carbocycles. The maximum atomic E-state index is 13.2. The van der Waals surface area contributed by atoms with Gasteiger partial charge in [0.25, 0.3) is 0 Å². The van der Waals surface area contributed by atoms with Gasteiger partial charge in [-0.1, -0.05) is 20.8 Å². The Morgan fingerprint density at radius 3 is 2.47 bits per heavy atom. The van der Waals surface area contributed by atoms with Crippen molar-refractivity contribution in [2.24, 2.45) is 5.73 Å². The molecule has 0 spiro atoms. The predicted molar refractivity (Wildman–Crippen MR) is 78.8 cm³/mol. The number of aryl methyl sites for hydroxylation is 1. The number of aromatic nitrogens is 1. The Bertz CT molecular complexity index is 597.